The number of thiocarbonyl (C=S) groups is 1. The van der Waals surface area contributed by atoms with E-state index in [1.165, 1.54) is 18.2 Å². The molecule has 1 aromatic heterocycles. The van der Waals surface area contributed by atoms with E-state index in [4.69, 9.17) is 33.7 Å². The fourth-order valence-electron chi connectivity index (χ4n) is 5.19. The molecule has 1 saturated carbocycles. The number of aromatic nitrogens is 2. The van der Waals surface area contributed by atoms with Gasteiger partial charge in [-0.15, -0.1) is 0 Å². The molecule has 0 atom stereocenters. The van der Waals surface area contributed by atoms with Gasteiger partial charge in [-0.25, -0.2) is 4.68 Å². The van der Waals surface area contributed by atoms with E-state index in [-0.39, 0.29) is 11.9 Å². The summed E-state index contributed by atoms with van der Waals surface area (Å²) >= 11 is 13.1. The van der Waals surface area contributed by atoms with Crippen LogP contribution in [0.25, 0.3) is 23.0 Å². The highest BCUT2D eigenvalue weighted by atomic mass is 35.5. The van der Waals surface area contributed by atoms with Crippen molar-refractivity contribution < 1.29 is 9.53 Å². The molecule has 0 N–H and O–H groups in total. The molecule has 0 bridgehead atoms. The molecule has 2 heterocycles. The third-order valence-corrected chi connectivity index (χ3v) is 8.82. The number of amides is 1. The average molecular weight is 586 g/mol. The molecule has 8 heteroatoms. The molecule has 1 saturated heterocycles. The highest BCUT2D eigenvalue weighted by Crippen LogP contribution is 2.38. The number of carbonyl (C=O) groups excluding carboxylic acids is 1. The van der Waals surface area contributed by atoms with E-state index in [0.717, 1.165) is 59.5 Å². The Morgan fingerprint density at radius 1 is 1.00 bits per heavy atom. The van der Waals surface area contributed by atoms with E-state index in [1.54, 1.807) is 0 Å². The van der Waals surface area contributed by atoms with Gasteiger partial charge in [0.25, 0.3) is 5.91 Å². The molecule has 4 aromatic rings. The minimum Gasteiger partial charge on any atom is -0.489 e. The Morgan fingerprint density at radius 3 is 2.55 bits per heavy atom. The van der Waals surface area contributed by atoms with Crippen molar-refractivity contribution in [3.05, 3.63) is 106 Å². The third-order valence-electron chi connectivity index (χ3n) is 7.24. The predicted octanol–water partition coefficient (Wildman–Crippen LogP) is 8.31. The van der Waals surface area contributed by atoms with Crippen LogP contribution in [0, 0.1) is 0 Å². The second-order valence-electron chi connectivity index (χ2n) is 10.00. The van der Waals surface area contributed by atoms with Crippen molar-refractivity contribution in [1.29, 1.82) is 0 Å². The van der Waals surface area contributed by atoms with Crippen molar-refractivity contribution in [3.8, 4) is 22.7 Å². The minimum atomic E-state index is 0.000333. The Bertz CT molecular complexity index is 1560. The number of halogens is 1. The number of para-hydroxylation sites is 1. The quantitative estimate of drug-likeness (QED) is 0.161. The zero-order valence-electron chi connectivity index (χ0n) is 21.8. The first-order valence-electron chi connectivity index (χ1n) is 13.4. The van der Waals surface area contributed by atoms with Gasteiger partial charge in [0.1, 0.15) is 22.4 Å². The van der Waals surface area contributed by atoms with Crippen molar-refractivity contribution in [2.45, 2.75) is 44.8 Å². The molecule has 40 heavy (non-hydrogen) atoms. The molecule has 5 nitrogen and oxygen atoms in total. The fourth-order valence-corrected chi connectivity index (χ4v) is 6.70. The summed E-state index contributed by atoms with van der Waals surface area (Å²) in [6.07, 6.45) is 9.45. The second-order valence-corrected chi connectivity index (χ2v) is 12.1. The van der Waals surface area contributed by atoms with Crippen LogP contribution in [0.3, 0.4) is 0 Å². The monoisotopic (exact) mass is 585 g/mol. The maximum atomic E-state index is 13.5. The summed E-state index contributed by atoms with van der Waals surface area (Å²) < 4.78 is 8.60. The molecule has 0 spiro atoms. The van der Waals surface area contributed by atoms with E-state index >= 15 is 0 Å². The van der Waals surface area contributed by atoms with Crippen LogP contribution in [0.15, 0.2) is 90.0 Å². The average Bonchev–Trinajstić information content (AvgIpc) is 3.53. The standard InChI is InChI=1S/C32H28ClN3O2S2/c33-25-16-14-22(15-17-25)21-38-28-13-7-8-23(18-28)30-24(20-35(34-30)26-9-3-1-4-10-26)19-29-31(37)36(32(39)40-29)27-11-5-2-6-12-27/h1,3-4,7-10,13-20,27H,2,5-6,11-12,21H2. The lowest BCUT2D eigenvalue weighted by Gasteiger charge is -2.29. The molecular weight excluding hydrogens is 558 g/mol. The van der Waals surface area contributed by atoms with E-state index in [9.17, 15) is 4.79 Å². The van der Waals surface area contributed by atoms with Gasteiger partial charge in [-0.3, -0.25) is 9.69 Å². The largest absolute Gasteiger partial charge is 0.489 e. The number of carbonyl (C=O) groups is 1. The van der Waals surface area contributed by atoms with Crippen molar-refractivity contribution >= 4 is 51.9 Å². The fraction of sp³-hybridized carbons (Fsp3) is 0.219. The van der Waals surface area contributed by atoms with Crippen molar-refractivity contribution in [1.82, 2.24) is 14.7 Å². The molecule has 1 aliphatic heterocycles. The topological polar surface area (TPSA) is 47.4 Å². The first-order chi connectivity index (χ1) is 19.5. The highest BCUT2D eigenvalue weighted by Gasteiger charge is 2.37. The van der Waals surface area contributed by atoms with Crippen LogP contribution < -0.4 is 4.74 Å². The molecule has 1 amide bonds. The highest BCUT2D eigenvalue weighted by molar-refractivity contribution is 8.26. The molecule has 6 rings (SSSR count). The van der Waals surface area contributed by atoms with Gasteiger partial charge in [0, 0.05) is 28.4 Å². The summed E-state index contributed by atoms with van der Waals surface area (Å²) in [6, 6.07) is 25.7. The van der Waals surface area contributed by atoms with Gasteiger partial charge in [0.05, 0.1) is 10.6 Å². The van der Waals surface area contributed by atoms with Gasteiger partial charge in [0.15, 0.2) is 0 Å². The summed E-state index contributed by atoms with van der Waals surface area (Å²) in [5, 5.41) is 5.65. The Morgan fingerprint density at radius 2 is 1.77 bits per heavy atom. The summed E-state index contributed by atoms with van der Waals surface area (Å²) in [7, 11) is 0. The number of ether oxygens (including phenoxy) is 1. The van der Waals surface area contributed by atoms with Gasteiger partial charge in [-0.05, 0) is 60.9 Å². The number of thioether (sulfide) groups is 1. The maximum absolute atomic E-state index is 13.5. The number of nitrogens with zero attached hydrogens (tertiary/aromatic N) is 3. The Hall–Kier alpha value is -3.39. The summed E-state index contributed by atoms with van der Waals surface area (Å²) in [5.41, 5.74) is 4.49. The number of hydrogen-bond acceptors (Lipinski definition) is 5. The van der Waals surface area contributed by atoms with Crippen LogP contribution in [0.2, 0.25) is 5.02 Å². The first-order valence-corrected chi connectivity index (χ1v) is 15.1. The van der Waals surface area contributed by atoms with Crippen LogP contribution in [0.4, 0.5) is 0 Å². The number of rotatable bonds is 7. The molecule has 2 aliphatic rings. The zero-order chi connectivity index (χ0) is 27.5. The summed E-state index contributed by atoms with van der Waals surface area (Å²) in [5.74, 6) is 0.733. The first kappa shape index (κ1) is 26.8. The van der Waals surface area contributed by atoms with Crippen LogP contribution in [0.5, 0.6) is 5.75 Å². The Kier molecular flexibility index (Phi) is 8.05. The lowest BCUT2D eigenvalue weighted by atomic mass is 9.94. The summed E-state index contributed by atoms with van der Waals surface area (Å²) in [6.45, 7) is 0.426. The summed E-state index contributed by atoms with van der Waals surface area (Å²) in [4.78, 5) is 16.0. The van der Waals surface area contributed by atoms with Crippen LogP contribution >= 0.6 is 35.6 Å². The maximum Gasteiger partial charge on any atom is 0.266 e. The zero-order valence-corrected chi connectivity index (χ0v) is 24.2. The normalized spacial score (nSPS) is 17.1. The van der Waals surface area contributed by atoms with Crippen LogP contribution in [-0.2, 0) is 11.4 Å². The van der Waals surface area contributed by atoms with Crippen molar-refractivity contribution in [2.24, 2.45) is 0 Å². The Balaban J connectivity index is 1.32. The lowest BCUT2D eigenvalue weighted by molar-refractivity contribution is -0.124. The SMILES string of the molecule is O=C1C(=Cc2cn(-c3ccccc3)nc2-c2cccc(OCc3ccc(Cl)cc3)c2)SC(=S)N1C1CCCCC1. The smallest absolute Gasteiger partial charge is 0.266 e. The van der Waals surface area contributed by atoms with E-state index in [1.807, 2.05) is 101 Å². The van der Waals surface area contributed by atoms with Gasteiger partial charge < -0.3 is 4.74 Å². The van der Waals surface area contributed by atoms with E-state index in [0.29, 0.717) is 20.9 Å². The van der Waals surface area contributed by atoms with Crippen LogP contribution in [-0.4, -0.2) is 30.9 Å². The van der Waals surface area contributed by atoms with Gasteiger partial charge in [-0.1, -0.05) is 97.3 Å². The Labute approximate surface area is 248 Å². The van der Waals surface area contributed by atoms with Gasteiger partial charge in [-0.2, -0.15) is 5.10 Å². The minimum absolute atomic E-state index is 0.000333. The van der Waals surface area contributed by atoms with E-state index in [2.05, 4.69) is 0 Å². The molecular formula is C32H28ClN3O2S2. The third kappa shape index (κ3) is 5.87. The molecule has 2 fully saturated rings. The molecule has 1 aliphatic carbocycles. The predicted molar refractivity (Wildman–Crippen MR) is 167 cm³/mol. The van der Waals surface area contributed by atoms with Gasteiger partial charge in [0.2, 0.25) is 0 Å². The lowest BCUT2D eigenvalue weighted by Crippen LogP contribution is -2.39. The molecule has 0 radical (unpaired) electrons. The number of hydrogen-bond donors (Lipinski definition) is 0. The van der Waals surface area contributed by atoms with Gasteiger partial charge >= 0.3 is 0 Å². The van der Waals surface area contributed by atoms with E-state index < -0.39 is 0 Å². The van der Waals surface area contributed by atoms with Crippen molar-refractivity contribution in [2.75, 3.05) is 0 Å². The second kappa shape index (κ2) is 12.0. The van der Waals surface area contributed by atoms with Crippen molar-refractivity contribution in [3.63, 3.8) is 0 Å². The molecule has 0 unspecified atom stereocenters. The van der Waals surface area contributed by atoms with Crippen LogP contribution in [0.1, 0.15) is 43.2 Å². The molecule has 3 aromatic carbocycles. The number of benzene rings is 3. The molecule has 202 valence electrons.